The number of nitrogens with one attached hydrogen (secondary N) is 1. The van der Waals surface area contributed by atoms with Gasteiger partial charge in [0.2, 0.25) is 0 Å². The number of ether oxygens (including phenoxy) is 1. The van der Waals surface area contributed by atoms with Crippen LogP contribution in [-0.4, -0.2) is 44.2 Å². The fraction of sp³-hybridized carbons (Fsp3) is 0.600. The van der Waals surface area contributed by atoms with Crippen molar-refractivity contribution in [3.8, 4) is 5.75 Å². The highest BCUT2D eigenvalue weighted by atomic mass is 19.1. The summed E-state index contributed by atoms with van der Waals surface area (Å²) in [6, 6.07) is 7.16. The maximum atomic E-state index is 13.4. The van der Waals surface area contributed by atoms with E-state index in [2.05, 4.69) is 10.2 Å². The SMILES string of the molecule is CNCC1CCCCN1CCOc1ccccc1F. The molecule has 0 spiro atoms. The lowest BCUT2D eigenvalue weighted by molar-refractivity contribution is 0.121. The van der Waals surface area contributed by atoms with Crippen LogP contribution in [0.1, 0.15) is 19.3 Å². The van der Waals surface area contributed by atoms with E-state index in [1.807, 2.05) is 7.05 Å². The highest BCUT2D eigenvalue weighted by Gasteiger charge is 2.21. The molecule has 0 bridgehead atoms. The summed E-state index contributed by atoms with van der Waals surface area (Å²) < 4.78 is 18.9. The van der Waals surface area contributed by atoms with Gasteiger partial charge in [-0.1, -0.05) is 18.6 Å². The summed E-state index contributed by atoms with van der Waals surface area (Å²) in [6.45, 7) is 3.54. The van der Waals surface area contributed by atoms with Crippen LogP contribution < -0.4 is 10.1 Å². The van der Waals surface area contributed by atoms with Crippen molar-refractivity contribution in [2.45, 2.75) is 25.3 Å². The number of rotatable bonds is 6. The van der Waals surface area contributed by atoms with E-state index in [4.69, 9.17) is 4.74 Å². The zero-order valence-electron chi connectivity index (χ0n) is 11.6. The Morgan fingerprint density at radius 3 is 3.00 bits per heavy atom. The summed E-state index contributed by atoms with van der Waals surface area (Å²) in [7, 11) is 1.99. The van der Waals surface area contributed by atoms with Gasteiger partial charge in [0.05, 0.1) is 0 Å². The number of likely N-dealkylation sites (N-methyl/N-ethyl adjacent to an activating group) is 1. The van der Waals surface area contributed by atoms with Crippen LogP contribution in [0.3, 0.4) is 0 Å². The number of likely N-dealkylation sites (tertiary alicyclic amines) is 1. The summed E-state index contributed by atoms with van der Waals surface area (Å²) in [5.74, 6) is 0.0672. The Hall–Kier alpha value is -1.13. The van der Waals surface area contributed by atoms with E-state index in [1.165, 1.54) is 25.3 Å². The molecule has 3 nitrogen and oxygen atoms in total. The first-order chi connectivity index (χ1) is 9.31. The summed E-state index contributed by atoms with van der Waals surface area (Å²) >= 11 is 0. The minimum absolute atomic E-state index is 0.284. The van der Waals surface area contributed by atoms with Crippen molar-refractivity contribution in [1.82, 2.24) is 10.2 Å². The van der Waals surface area contributed by atoms with E-state index in [1.54, 1.807) is 18.2 Å². The molecule has 4 heteroatoms. The first kappa shape index (κ1) is 14.3. The molecule has 1 fully saturated rings. The van der Waals surface area contributed by atoms with Gasteiger partial charge in [0.25, 0.3) is 0 Å². The van der Waals surface area contributed by atoms with Crippen LogP contribution >= 0.6 is 0 Å². The third kappa shape index (κ3) is 4.18. The molecule has 1 aromatic rings. The fourth-order valence-corrected chi connectivity index (χ4v) is 2.66. The maximum Gasteiger partial charge on any atom is 0.165 e. The molecular formula is C15H23FN2O. The Labute approximate surface area is 114 Å². The second-order valence-electron chi connectivity index (χ2n) is 5.02. The Bertz CT molecular complexity index is 384. The number of benzene rings is 1. The fourth-order valence-electron chi connectivity index (χ4n) is 2.66. The first-order valence-electron chi connectivity index (χ1n) is 7.07. The van der Waals surface area contributed by atoms with Crippen LogP contribution in [0.2, 0.25) is 0 Å². The number of nitrogens with zero attached hydrogens (tertiary/aromatic N) is 1. The smallest absolute Gasteiger partial charge is 0.165 e. The van der Waals surface area contributed by atoms with Crippen molar-refractivity contribution >= 4 is 0 Å². The topological polar surface area (TPSA) is 24.5 Å². The lowest BCUT2D eigenvalue weighted by Gasteiger charge is -2.35. The Kier molecular flexibility index (Phi) is 5.61. The minimum atomic E-state index is -0.284. The quantitative estimate of drug-likeness (QED) is 0.855. The molecule has 1 aliphatic rings. The minimum Gasteiger partial charge on any atom is -0.489 e. The maximum absolute atomic E-state index is 13.4. The molecule has 0 amide bonds. The molecule has 0 aliphatic carbocycles. The largest absolute Gasteiger partial charge is 0.489 e. The number of hydrogen-bond acceptors (Lipinski definition) is 3. The van der Waals surface area contributed by atoms with Crippen LogP contribution in [0, 0.1) is 5.82 Å². The van der Waals surface area contributed by atoms with Crippen LogP contribution in [0.25, 0.3) is 0 Å². The van der Waals surface area contributed by atoms with Crippen molar-refractivity contribution in [3.63, 3.8) is 0 Å². The molecule has 19 heavy (non-hydrogen) atoms. The number of piperidine rings is 1. The second kappa shape index (κ2) is 7.46. The molecular weight excluding hydrogens is 243 g/mol. The normalized spacial score (nSPS) is 20.4. The predicted octanol–water partition coefficient (Wildman–Crippen LogP) is 2.28. The lowest BCUT2D eigenvalue weighted by Crippen LogP contribution is -2.46. The molecule has 1 heterocycles. The van der Waals surface area contributed by atoms with Crippen LogP contribution in [0.15, 0.2) is 24.3 Å². The van der Waals surface area contributed by atoms with Crippen LogP contribution in [-0.2, 0) is 0 Å². The summed E-state index contributed by atoms with van der Waals surface area (Å²) in [4.78, 5) is 2.45. The van der Waals surface area contributed by atoms with Gasteiger partial charge in [-0.3, -0.25) is 4.90 Å². The summed E-state index contributed by atoms with van der Waals surface area (Å²) in [6.07, 6.45) is 3.79. The van der Waals surface area contributed by atoms with E-state index in [0.717, 1.165) is 19.6 Å². The third-order valence-electron chi connectivity index (χ3n) is 3.66. The standard InChI is InChI=1S/C15H23FN2O/c1-17-12-13-6-4-5-9-18(13)10-11-19-15-8-3-2-7-14(15)16/h2-3,7-8,13,17H,4-6,9-12H2,1H3. The van der Waals surface area contributed by atoms with E-state index < -0.39 is 0 Å². The van der Waals surface area contributed by atoms with Crippen molar-refractivity contribution in [1.29, 1.82) is 0 Å². The van der Waals surface area contributed by atoms with Gasteiger partial charge in [0.1, 0.15) is 6.61 Å². The van der Waals surface area contributed by atoms with E-state index in [9.17, 15) is 4.39 Å². The molecule has 1 saturated heterocycles. The van der Waals surface area contributed by atoms with Gasteiger partial charge in [-0.25, -0.2) is 4.39 Å². The van der Waals surface area contributed by atoms with E-state index >= 15 is 0 Å². The molecule has 1 N–H and O–H groups in total. The Balaban J connectivity index is 1.79. The number of halogens is 1. The number of para-hydroxylation sites is 1. The summed E-state index contributed by atoms with van der Waals surface area (Å²) in [5.41, 5.74) is 0. The number of hydrogen-bond donors (Lipinski definition) is 1. The van der Waals surface area contributed by atoms with Gasteiger partial charge in [-0.05, 0) is 38.6 Å². The van der Waals surface area contributed by atoms with Crippen molar-refractivity contribution in [2.24, 2.45) is 0 Å². The highest BCUT2D eigenvalue weighted by molar-refractivity contribution is 5.23. The zero-order valence-corrected chi connectivity index (χ0v) is 11.6. The van der Waals surface area contributed by atoms with Crippen molar-refractivity contribution in [2.75, 3.05) is 33.3 Å². The molecule has 1 aliphatic heterocycles. The van der Waals surface area contributed by atoms with Crippen molar-refractivity contribution < 1.29 is 9.13 Å². The average molecular weight is 266 g/mol. The predicted molar refractivity (Wildman–Crippen MR) is 75.0 cm³/mol. The van der Waals surface area contributed by atoms with Crippen molar-refractivity contribution in [3.05, 3.63) is 30.1 Å². The van der Waals surface area contributed by atoms with Crippen LogP contribution in [0.5, 0.6) is 5.75 Å². The molecule has 1 unspecified atom stereocenters. The average Bonchev–Trinajstić information content (AvgIpc) is 2.43. The Morgan fingerprint density at radius 2 is 2.21 bits per heavy atom. The second-order valence-corrected chi connectivity index (χ2v) is 5.02. The van der Waals surface area contributed by atoms with Gasteiger partial charge < -0.3 is 10.1 Å². The van der Waals surface area contributed by atoms with E-state index in [0.29, 0.717) is 18.4 Å². The van der Waals surface area contributed by atoms with Gasteiger partial charge in [0.15, 0.2) is 11.6 Å². The van der Waals surface area contributed by atoms with Gasteiger partial charge in [-0.15, -0.1) is 0 Å². The molecule has 0 saturated carbocycles. The molecule has 1 atom stereocenters. The zero-order chi connectivity index (χ0) is 13.5. The molecule has 1 aromatic carbocycles. The molecule has 0 aromatic heterocycles. The third-order valence-corrected chi connectivity index (χ3v) is 3.66. The van der Waals surface area contributed by atoms with Gasteiger partial charge >= 0.3 is 0 Å². The van der Waals surface area contributed by atoms with Gasteiger partial charge in [-0.2, -0.15) is 0 Å². The van der Waals surface area contributed by atoms with Gasteiger partial charge in [0, 0.05) is 19.1 Å². The Morgan fingerprint density at radius 1 is 1.37 bits per heavy atom. The molecule has 106 valence electrons. The lowest BCUT2D eigenvalue weighted by atomic mass is 10.0. The highest BCUT2D eigenvalue weighted by Crippen LogP contribution is 2.18. The molecule has 0 radical (unpaired) electrons. The monoisotopic (exact) mass is 266 g/mol. The molecule has 2 rings (SSSR count). The summed E-state index contributed by atoms with van der Waals surface area (Å²) in [5, 5.41) is 3.24. The van der Waals surface area contributed by atoms with Crippen LogP contribution in [0.4, 0.5) is 4.39 Å². The van der Waals surface area contributed by atoms with E-state index in [-0.39, 0.29) is 5.82 Å². The first-order valence-corrected chi connectivity index (χ1v) is 7.07.